The molecule has 0 spiro atoms. The molecule has 1 aliphatic rings. The molecule has 0 bridgehead atoms. The van der Waals surface area contributed by atoms with Crippen LogP contribution in [0.25, 0.3) is 11.7 Å². The molecule has 0 amide bonds. The predicted molar refractivity (Wildman–Crippen MR) is 79.8 cm³/mol. The fourth-order valence-electron chi connectivity index (χ4n) is 2.67. The van der Waals surface area contributed by atoms with Gasteiger partial charge in [0.2, 0.25) is 5.89 Å². The molecule has 0 saturated carbocycles. The summed E-state index contributed by atoms with van der Waals surface area (Å²) >= 11 is 0. The van der Waals surface area contributed by atoms with Crippen molar-refractivity contribution in [1.29, 1.82) is 0 Å². The van der Waals surface area contributed by atoms with Crippen molar-refractivity contribution in [2.45, 2.75) is 31.6 Å². The van der Waals surface area contributed by atoms with Crippen molar-refractivity contribution in [3.63, 3.8) is 0 Å². The second-order valence-corrected chi connectivity index (χ2v) is 7.98. The molecule has 3 heterocycles. The molecule has 0 radical (unpaired) electrons. The summed E-state index contributed by atoms with van der Waals surface area (Å²) in [7, 11) is -2.93. The van der Waals surface area contributed by atoms with Crippen LogP contribution < -0.4 is 0 Å². The van der Waals surface area contributed by atoms with Crippen molar-refractivity contribution in [2.24, 2.45) is 0 Å². The first-order chi connectivity index (χ1) is 10.6. The van der Waals surface area contributed by atoms with Gasteiger partial charge in [0.1, 0.15) is 0 Å². The highest BCUT2D eigenvalue weighted by atomic mass is 32.2. The summed E-state index contributed by atoms with van der Waals surface area (Å²) < 4.78 is 34.5. The van der Waals surface area contributed by atoms with Gasteiger partial charge in [-0.25, -0.2) is 8.42 Å². The van der Waals surface area contributed by atoms with Crippen LogP contribution >= 0.6 is 0 Å². The molecule has 7 nitrogen and oxygen atoms in total. The minimum Gasteiger partial charge on any atom is -0.459 e. The second-order valence-electron chi connectivity index (χ2n) is 5.41. The maximum absolute atomic E-state index is 11.9. The summed E-state index contributed by atoms with van der Waals surface area (Å²) in [6, 6.07) is 3.52. The third kappa shape index (κ3) is 3.22. The van der Waals surface area contributed by atoms with Crippen molar-refractivity contribution in [3.8, 4) is 11.7 Å². The molecule has 8 heteroatoms. The number of sulfone groups is 1. The number of furan rings is 1. The van der Waals surface area contributed by atoms with E-state index in [4.69, 9.17) is 8.83 Å². The van der Waals surface area contributed by atoms with E-state index in [2.05, 4.69) is 15.1 Å². The molecule has 120 valence electrons. The first-order valence-electron chi connectivity index (χ1n) is 7.38. The largest absolute Gasteiger partial charge is 0.459 e. The highest BCUT2D eigenvalue weighted by Crippen LogP contribution is 2.22. The van der Waals surface area contributed by atoms with E-state index in [0.717, 1.165) is 13.1 Å². The Bertz CT molecular complexity index is 700. The molecule has 1 saturated heterocycles. The van der Waals surface area contributed by atoms with Crippen molar-refractivity contribution < 1.29 is 17.3 Å². The zero-order valence-corrected chi connectivity index (χ0v) is 13.3. The highest BCUT2D eigenvalue weighted by molar-refractivity contribution is 7.92. The van der Waals surface area contributed by atoms with Gasteiger partial charge in [0.15, 0.2) is 15.6 Å². The standard InChI is InChI=1S/C14H19N3O4S/c1-2-22(18,19)11-5-7-17(8-6-11)10-13-15-16-14(21-13)12-4-3-9-20-12/h3-4,9,11H,2,5-8,10H2,1H3. The Morgan fingerprint density at radius 1 is 1.32 bits per heavy atom. The van der Waals surface area contributed by atoms with Crippen LogP contribution in [0.3, 0.4) is 0 Å². The van der Waals surface area contributed by atoms with Crippen LogP contribution in [0.2, 0.25) is 0 Å². The van der Waals surface area contributed by atoms with Gasteiger partial charge >= 0.3 is 0 Å². The van der Waals surface area contributed by atoms with E-state index in [0.29, 0.717) is 36.9 Å². The average Bonchev–Trinajstić information content (AvgIpc) is 3.18. The summed E-state index contributed by atoms with van der Waals surface area (Å²) in [6.07, 6.45) is 2.88. The molecule has 0 aliphatic carbocycles. The van der Waals surface area contributed by atoms with Gasteiger partial charge in [-0.15, -0.1) is 10.2 Å². The lowest BCUT2D eigenvalue weighted by molar-refractivity contribution is 0.203. The molecule has 0 unspecified atom stereocenters. The van der Waals surface area contributed by atoms with E-state index in [1.165, 1.54) is 0 Å². The summed E-state index contributed by atoms with van der Waals surface area (Å²) in [4.78, 5) is 2.14. The van der Waals surface area contributed by atoms with Gasteiger partial charge in [-0.05, 0) is 38.1 Å². The molecule has 0 atom stereocenters. The number of hydrogen-bond acceptors (Lipinski definition) is 7. The quantitative estimate of drug-likeness (QED) is 0.827. The molecule has 0 N–H and O–H groups in total. The normalized spacial score (nSPS) is 17.9. The molecule has 1 aliphatic heterocycles. The maximum atomic E-state index is 11.9. The molecule has 0 aromatic carbocycles. The van der Waals surface area contributed by atoms with E-state index in [9.17, 15) is 8.42 Å². The van der Waals surface area contributed by atoms with Crippen LogP contribution in [0.5, 0.6) is 0 Å². The monoisotopic (exact) mass is 325 g/mol. The Balaban J connectivity index is 1.57. The first kappa shape index (κ1) is 15.2. The number of piperidine rings is 1. The summed E-state index contributed by atoms with van der Waals surface area (Å²) in [5.41, 5.74) is 0. The molecular weight excluding hydrogens is 306 g/mol. The topological polar surface area (TPSA) is 89.4 Å². The van der Waals surface area contributed by atoms with Crippen molar-refractivity contribution >= 4 is 9.84 Å². The van der Waals surface area contributed by atoms with Crippen LogP contribution in [0.4, 0.5) is 0 Å². The number of likely N-dealkylation sites (tertiary alicyclic amines) is 1. The molecule has 2 aromatic heterocycles. The van der Waals surface area contributed by atoms with Gasteiger partial charge in [0, 0.05) is 5.75 Å². The Kier molecular flexibility index (Phi) is 4.30. The lowest BCUT2D eigenvalue weighted by Gasteiger charge is -2.30. The van der Waals surface area contributed by atoms with Gasteiger partial charge in [0.25, 0.3) is 5.89 Å². The zero-order chi connectivity index (χ0) is 15.6. The molecule has 2 aromatic rings. The van der Waals surface area contributed by atoms with E-state index < -0.39 is 9.84 Å². The Morgan fingerprint density at radius 3 is 2.73 bits per heavy atom. The Morgan fingerprint density at radius 2 is 2.09 bits per heavy atom. The third-order valence-electron chi connectivity index (χ3n) is 4.00. The van der Waals surface area contributed by atoms with E-state index in [1.54, 1.807) is 25.3 Å². The number of rotatable bonds is 5. The van der Waals surface area contributed by atoms with Crippen LogP contribution in [0, 0.1) is 0 Å². The maximum Gasteiger partial charge on any atom is 0.283 e. The minimum absolute atomic E-state index is 0.213. The van der Waals surface area contributed by atoms with Gasteiger partial charge in [0.05, 0.1) is 18.1 Å². The molecule has 3 rings (SSSR count). The smallest absolute Gasteiger partial charge is 0.283 e. The molecule has 1 fully saturated rings. The van der Waals surface area contributed by atoms with Gasteiger partial charge in [-0.1, -0.05) is 6.92 Å². The fourth-order valence-corrected chi connectivity index (χ4v) is 4.07. The summed E-state index contributed by atoms with van der Waals surface area (Å²) in [5.74, 6) is 1.64. The summed E-state index contributed by atoms with van der Waals surface area (Å²) in [6.45, 7) is 3.69. The van der Waals surface area contributed by atoms with Gasteiger partial charge in [-0.3, -0.25) is 4.90 Å². The SMILES string of the molecule is CCS(=O)(=O)C1CCN(Cc2nnc(-c3ccco3)o2)CC1. The van der Waals surface area contributed by atoms with Crippen LogP contribution in [0.15, 0.2) is 27.2 Å². The average molecular weight is 325 g/mol. The predicted octanol–water partition coefficient (Wildman–Crippen LogP) is 1.73. The van der Waals surface area contributed by atoms with Crippen LogP contribution in [-0.2, 0) is 16.4 Å². The highest BCUT2D eigenvalue weighted by Gasteiger charge is 2.29. The van der Waals surface area contributed by atoms with E-state index in [1.807, 2.05) is 0 Å². The number of hydrogen-bond donors (Lipinski definition) is 0. The van der Waals surface area contributed by atoms with Gasteiger partial charge in [-0.2, -0.15) is 0 Å². The number of aromatic nitrogens is 2. The minimum atomic E-state index is -2.93. The van der Waals surface area contributed by atoms with Crippen LogP contribution in [0.1, 0.15) is 25.7 Å². The molecule has 22 heavy (non-hydrogen) atoms. The summed E-state index contributed by atoms with van der Waals surface area (Å²) in [5, 5.41) is 7.76. The second kappa shape index (κ2) is 6.21. The third-order valence-corrected chi connectivity index (χ3v) is 6.29. The fraction of sp³-hybridized carbons (Fsp3) is 0.571. The van der Waals surface area contributed by atoms with Crippen LogP contribution in [-0.4, -0.2) is 47.6 Å². The zero-order valence-electron chi connectivity index (χ0n) is 12.4. The van der Waals surface area contributed by atoms with E-state index in [-0.39, 0.29) is 11.0 Å². The lowest BCUT2D eigenvalue weighted by Crippen LogP contribution is -2.39. The van der Waals surface area contributed by atoms with Crippen molar-refractivity contribution in [3.05, 3.63) is 24.3 Å². The first-order valence-corrected chi connectivity index (χ1v) is 9.10. The Hall–Kier alpha value is -1.67. The number of nitrogens with zero attached hydrogens (tertiary/aromatic N) is 3. The Labute approximate surface area is 129 Å². The van der Waals surface area contributed by atoms with Crippen molar-refractivity contribution in [2.75, 3.05) is 18.8 Å². The van der Waals surface area contributed by atoms with Crippen molar-refractivity contribution in [1.82, 2.24) is 15.1 Å². The van der Waals surface area contributed by atoms with E-state index >= 15 is 0 Å². The lowest BCUT2D eigenvalue weighted by atomic mass is 10.1. The molecular formula is C14H19N3O4S. The van der Waals surface area contributed by atoms with Gasteiger partial charge < -0.3 is 8.83 Å².